The lowest BCUT2D eigenvalue weighted by atomic mass is 10.2. The Labute approximate surface area is 202 Å². The Hall–Kier alpha value is -1.64. The van der Waals surface area contributed by atoms with Gasteiger partial charge in [-0.25, -0.2) is 4.98 Å². The predicted octanol–water partition coefficient (Wildman–Crippen LogP) is 5.36. The minimum Gasteiger partial charge on any atom is -0.379 e. The van der Waals surface area contributed by atoms with E-state index in [1.54, 1.807) is 11.3 Å². The Morgan fingerprint density at radius 1 is 1.22 bits per heavy atom. The van der Waals surface area contributed by atoms with Crippen molar-refractivity contribution in [2.45, 2.75) is 24.7 Å². The molecule has 2 aromatic carbocycles. The quantitative estimate of drug-likeness (QED) is 0.378. The number of amides is 1. The van der Waals surface area contributed by atoms with Crippen molar-refractivity contribution in [3.8, 4) is 0 Å². The van der Waals surface area contributed by atoms with E-state index in [1.165, 1.54) is 17.3 Å². The third-order valence-electron chi connectivity index (χ3n) is 5.52. The molecule has 8 heteroatoms. The summed E-state index contributed by atoms with van der Waals surface area (Å²) in [5.41, 5.74) is 2.25. The molecule has 1 aromatic heterocycles. The number of halogens is 1. The molecule has 1 amide bonds. The molecule has 0 saturated carbocycles. The summed E-state index contributed by atoms with van der Waals surface area (Å²) in [6.45, 7) is 7.28. The Bertz CT molecular complexity index is 1040. The van der Waals surface area contributed by atoms with Gasteiger partial charge in [-0.3, -0.25) is 14.6 Å². The SMILES string of the molecule is CCc1ccc2nc(N(CCCN3CCOCC3)C(=O)CSc3ccc(Cl)cc3)sc2c1. The molecule has 0 spiro atoms. The molecule has 0 unspecified atom stereocenters. The van der Waals surface area contributed by atoms with E-state index in [9.17, 15) is 4.79 Å². The van der Waals surface area contributed by atoms with Gasteiger partial charge in [-0.1, -0.05) is 35.9 Å². The van der Waals surface area contributed by atoms with Crippen molar-refractivity contribution in [2.75, 3.05) is 50.0 Å². The molecule has 0 N–H and O–H groups in total. The van der Waals surface area contributed by atoms with Crippen molar-refractivity contribution < 1.29 is 9.53 Å². The zero-order chi connectivity index (χ0) is 22.3. The van der Waals surface area contributed by atoms with Crippen LogP contribution in [0.15, 0.2) is 47.4 Å². The Balaban J connectivity index is 1.47. The number of hydrogen-bond donors (Lipinski definition) is 0. The number of rotatable bonds is 9. The minimum absolute atomic E-state index is 0.0849. The largest absolute Gasteiger partial charge is 0.379 e. The zero-order valence-corrected chi connectivity index (χ0v) is 20.6. The molecule has 0 aliphatic carbocycles. The number of aryl methyl sites for hydroxylation is 1. The Morgan fingerprint density at radius 3 is 2.75 bits per heavy atom. The van der Waals surface area contributed by atoms with Crippen LogP contribution in [0.25, 0.3) is 10.2 Å². The summed E-state index contributed by atoms with van der Waals surface area (Å²) in [6, 6.07) is 14.0. The maximum atomic E-state index is 13.3. The van der Waals surface area contributed by atoms with Gasteiger partial charge in [0.1, 0.15) is 0 Å². The molecule has 0 bridgehead atoms. The second kappa shape index (κ2) is 11.5. The number of benzene rings is 2. The molecule has 3 aromatic rings. The summed E-state index contributed by atoms with van der Waals surface area (Å²) in [6.07, 6.45) is 1.90. The van der Waals surface area contributed by atoms with Crippen LogP contribution in [-0.2, 0) is 16.0 Å². The highest BCUT2D eigenvalue weighted by Gasteiger charge is 2.21. The molecular weight excluding hydrogens is 462 g/mol. The molecule has 1 fully saturated rings. The molecule has 2 heterocycles. The number of thioether (sulfide) groups is 1. The topological polar surface area (TPSA) is 45.7 Å². The number of hydrogen-bond acceptors (Lipinski definition) is 6. The van der Waals surface area contributed by atoms with Crippen molar-refractivity contribution in [1.82, 2.24) is 9.88 Å². The molecule has 32 heavy (non-hydrogen) atoms. The first-order valence-corrected chi connectivity index (χ1v) is 13.2. The van der Waals surface area contributed by atoms with E-state index in [1.807, 2.05) is 29.2 Å². The number of aromatic nitrogens is 1. The van der Waals surface area contributed by atoms with Gasteiger partial charge in [0.05, 0.1) is 29.2 Å². The van der Waals surface area contributed by atoms with Crippen LogP contribution in [0.2, 0.25) is 5.02 Å². The van der Waals surface area contributed by atoms with Crippen molar-refractivity contribution >= 4 is 56.0 Å². The van der Waals surface area contributed by atoms with Crippen LogP contribution >= 0.6 is 34.7 Å². The Morgan fingerprint density at radius 2 is 2.00 bits per heavy atom. The minimum atomic E-state index is 0.0849. The number of thiazole rings is 1. The highest BCUT2D eigenvalue weighted by molar-refractivity contribution is 8.00. The number of morpholine rings is 1. The van der Waals surface area contributed by atoms with Gasteiger partial charge in [-0.05, 0) is 54.8 Å². The number of fused-ring (bicyclic) bond motifs is 1. The second-order valence-electron chi connectivity index (χ2n) is 7.75. The van der Waals surface area contributed by atoms with Crippen LogP contribution < -0.4 is 4.90 Å². The smallest absolute Gasteiger partial charge is 0.239 e. The average Bonchev–Trinajstić information content (AvgIpc) is 3.24. The monoisotopic (exact) mass is 489 g/mol. The van der Waals surface area contributed by atoms with Crippen LogP contribution in [0.5, 0.6) is 0 Å². The van der Waals surface area contributed by atoms with E-state index < -0.39 is 0 Å². The fourth-order valence-electron chi connectivity index (χ4n) is 3.65. The van der Waals surface area contributed by atoms with Crippen molar-refractivity contribution in [3.05, 3.63) is 53.1 Å². The van der Waals surface area contributed by atoms with Gasteiger partial charge in [-0.2, -0.15) is 0 Å². The summed E-state index contributed by atoms with van der Waals surface area (Å²) in [5.74, 6) is 0.455. The van der Waals surface area contributed by atoms with Crippen molar-refractivity contribution in [2.24, 2.45) is 0 Å². The van der Waals surface area contributed by atoms with E-state index in [0.29, 0.717) is 17.3 Å². The molecule has 1 aliphatic heterocycles. The highest BCUT2D eigenvalue weighted by Crippen LogP contribution is 2.31. The molecule has 170 valence electrons. The number of carbonyl (C=O) groups is 1. The van der Waals surface area contributed by atoms with Crippen LogP contribution in [-0.4, -0.2) is 60.9 Å². The maximum absolute atomic E-state index is 13.3. The lowest BCUT2D eigenvalue weighted by Gasteiger charge is -2.27. The van der Waals surface area contributed by atoms with E-state index in [4.69, 9.17) is 21.3 Å². The molecule has 4 rings (SSSR count). The summed E-state index contributed by atoms with van der Waals surface area (Å²) in [4.78, 5) is 23.4. The molecule has 0 atom stereocenters. The average molecular weight is 490 g/mol. The predicted molar refractivity (Wildman–Crippen MR) is 135 cm³/mol. The molecular formula is C24H28ClN3O2S2. The fourth-order valence-corrected chi connectivity index (χ4v) is 5.62. The standard InChI is InChI=1S/C24H28ClN3O2S2/c1-2-18-4-9-21-22(16-18)32-24(26-21)28(11-3-10-27-12-14-30-15-13-27)23(29)17-31-20-7-5-19(25)6-8-20/h4-9,16H,2-3,10-15,17H2,1H3. The van der Waals surface area contributed by atoms with Gasteiger partial charge >= 0.3 is 0 Å². The number of ether oxygens (including phenoxy) is 1. The van der Waals surface area contributed by atoms with Crippen LogP contribution in [0.3, 0.4) is 0 Å². The summed E-state index contributed by atoms with van der Waals surface area (Å²) >= 11 is 9.12. The molecule has 1 aliphatic rings. The highest BCUT2D eigenvalue weighted by atomic mass is 35.5. The van der Waals surface area contributed by atoms with E-state index in [0.717, 1.165) is 65.9 Å². The maximum Gasteiger partial charge on any atom is 0.239 e. The van der Waals surface area contributed by atoms with E-state index in [-0.39, 0.29) is 5.91 Å². The first-order chi connectivity index (χ1) is 15.6. The van der Waals surface area contributed by atoms with Crippen molar-refractivity contribution in [3.63, 3.8) is 0 Å². The van der Waals surface area contributed by atoms with E-state index in [2.05, 4.69) is 30.0 Å². The number of nitrogens with zero attached hydrogens (tertiary/aromatic N) is 3. The molecule has 5 nitrogen and oxygen atoms in total. The normalized spacial score (nSPS) is 14.7. The molecule has 0 radical (unpaired) electrons. The van der Waals surface area contributed by atoms with Gasteiger partial charge in [0.2, 0.25) is 5.91 Å². The Kier molecular flexibility index (Phi) is 8.43. The summed E-state index contributed by atoms with van der Waals surface area (Å²) < 4.78 is 6.58. The number of anilines is 1. The third-order valence-corrected chi connectivity index (χ3v) is 7.81. The first kappa shape index (κ1) is 23.5. The van der Waals surface area contributed by atoms with E-state index >= 15 is 0 Å². The van der Waals surface area contributed by atoms with Gasteiger partial charge in [0, 0.05) is 36.1 Å². The number of carbonyl (C=O) groups excluding carboxylic acids is 1. The third kappa shape index (κ3) is 6.23. The second-order valence-corrected chi connectivity index (χ2v) is 10.2. The van der Waals surface area contributed by atoms with Gasteiger partial charge in [0.25, 0.3) is 0 Å². The lowest BCUT2D eigenvalue weighted by Crippen LogP contribution is -2.39. The lowest BCUT2D eigenvalue weighted by molar-refractivity contribution is -0.116. The van der Waals surface area contributed by atoms with Gasteiger partial charge < -0.3 is 4.74 Å². The zero-order valence-electron chi connectivity index (χ0n) is 18.3. The summed E-state index contributed by atoms with van der Waals surface area (Å²) in [7, 11) is 0. The summed E-state index contributed by atoms with van der Waals surface area (Å²) in [5, 5.41) is 1.49. The van der Waals surface area contributed by atoms with Gasteiger partial charge in [-0.15, -0.1) is 11.8 Å². The van der Waals surface area contributed by atoms with Crippen LogP contribution in [0, 0.1) is 0 Å². The fraction of sp³-hybridized carbons (Fsp3) is 0.417. The molecule has 1 saturated heterocycles. The van der Waals surface area contributed by atoms with Crippen LogP contribution in [0.4, 0.5) is 5.13 Å². The van der Waals surface area contributed by atoms with Crippen molar-refractivity contribution in [1.29, 1.82) is 0 Å². The van der Waals surface area contributed by atoms with Crippen LogP contribution in [0.1, 0.15) is 18.9 Å². The van der Waals surface area contributed by atoms with Gasteiger partial charge in [0.15, 0.2) is 5.13 Å². The first-order valence-electron chi connectivity index (χ1n) is 11.0.